The molecular weight excluding hydrogens is 496 g/mol. The number of hydrogen-bond donors (Lipinski definition) is 2. The molecule has 2 N–H and O–H groups in total. The number of carbonyl (C=O) groups excluding carboxylic acids is 2. The molecule has 1 aliphatic heterocycles. The van der Waals surface area contributed by atoms with Crippen molar-refractivity contribution in [3.8, 4) is 17.4 Å². The third kappa shape index (κ3) is 6.28. The molecule has 0 aliphatic carbocycles. The van der Waals surface area contributed by atoms with E-state index in [1.54, 1.807) is 38.3 Å². The number of nitrogens with zero attached hydrogens (tertiary/aromatic N) is 4. The van der Waals surface area contributed by atoms with Gasteiger partial charge >= 0.3 is 0 Å². The third-order valence-corrected chi connectivity index (χ3v) is 6.03. The molecule has 0 saturated carbocycles. The molecular formula is C26H27ClN6O4. The van der Waals surface area contributed by atoms with Crippen LogP contribution in [0, 0.1) is 0 Å². The first-order valence-corrected chi connectivity index (χ1v) is 11.9. The first-order valence-electron chi connectivity index (χ1n) is 11.6. The molecule has 37 heavy (non-hydrogen) atoms. The number of piperazine rings is 1. The minimum absolute atomic E-state index is 0.0908. The lowest BCUT2D eigenvalue weighted by atomic mass is 10.2. The van der Waals surface area contributed by atoms with Crippen LogP contribution in [0.15, 0.2) is 61.3 Å². The van der Waals surface area contributed by atoms with Crippen molar-refractivity contribution < 1.29 is 19.1 Å². The van der Waals surface area contributed by atoms with E-state index in [-0.39, 0.29) is 28.7 Å². The lowest BCUT2D eigenvalue weighted by Crippen LogP contribution is -2.48. The van der Waals surface area contributed by atoms with Gasteiger partial charge in [0.15, 0.2) is 5.75 Å². The summed E-state index contributed by atoms with van der Waals surface area (Å²) in [6.45, 7) is 7.90. The number of rotatable bonds is 8. The van der Waals surface area contributed by atoms with Crippen molar-refractivity contribution in [2.45, 2.75) is 6.92 Å². The van der Waals surface area contributed by atoms with Crippen molar-refractivity contribution >= 4 is 46.4 Å². The maximum atomic E-state index is 11.8. The molecule has 2 amide bonds. The van der Waals surface area contributed by atoms with Crippen molar-refractivity contribution in [1.29, 1.82) is 0 Å². The molecule has 1 aromatic heterocycles. The number of benzene rings is 2. The third-order valence-electron chi connectivity index (χ3n) is 5.77. The Kier molecular flexibility index (Phi) is 8.09. The molecule has 192 valence electrons. The highest BCUT2D eigenvalue weighted by Crippen LogP contribution is 2.35. The Hall–Kier alpha value is -4.31. The van der Waals surface area contributed by atoms with Crippen LogP contribution in [-0.2, 0) is 9.59 Å². The molecule has 1 aliphatic rings. The molecule has 0 unspecified atom stereocenters. The van der Waals surface area contributed by atoms with E-state index < -0.39 is 0 Å². The highest BCUT2D eigenvalue weighted by molar-refractivity contribution is 6.31. The molecule has 4 rings (SSSR count). The highest BCUT2D eigenvalue weighted by Gasteiger charge is 2.20. The van der Waals surface area contributed by atoms with Gasteiger partial charge < -0.3 is 29.9 Å². The fourth-order valence-corrected chi connectivity index (χ4v) is 3.94. The van der Waals surface area contributed by atoms with Crippen molar-refractivity contribution in [1.82, 2.24) is 14.9 Å². The average Bonchev–Trinajstić information content (AvgIpc) is 2.91. The Morgan fingerprint density at radius 1 is 1.08 bits per heavy atom. The van der Waals surface area contributed by atoms with Crippen LogP contribution >= 0.6 is 11.6 Å². The molecule has 0 bridgehead atoms. The summed E-state index contributed by atoms with van der Waals surface area (Å²) in [5, 5.41) is 6.03. The van der Waals surface area contributed by atoms with Crippen LogP contribution in [0.2, 0.25) is 5.02 Å². The maximum Gasteiger partial charge on any atom is 0.247 e. The topological polar surface area (TPSA) is 109 Å². The normalized spacial score (nSPS) is 13.1. The van der Waals surface area contributed by atoms with Gasteiger partial charge in [0.05, 0.1) is 24.7 Å². The number of nitrogens with one attached hydrogen (secondary N) is 2. The zero-order valence-corrected chi connectivity index (χ0v) is 21.3. The molecule has 0 atom stereocenters. The highest BCUT2D eigenvalue weighted by atomic mass is 35.5. The van der Waals surface area contributed by atoms with E-state index in [9.17, 15) is 9.59 Å². The molecule has 11 heteroatoms. The number of methoxy groups -OCH3 is 1. The average molecular weight is 523 g/mol. The number of amides is 2. The molecule has 3 aromatic rings. The number of ether oxygens (including phenoxy) is 2. The first kappa shape index (κ1) is 25.8. The molecule has 2 aromatic carbocycles. The van der Waals surface area contributed by atoms with Gasteiger partial charge in [-0.15, -0.1) is 0 Å². The standard InChI is InChI=1S/C26H27ClN6O4/c1-4-24(35)29-20-7-5-6-8-22(20)37-25-19(27)16-28-26(31-25)30-21-10-9-18(15-23(21)36-3)33-13-11-32(12-14-33)17(2)34/h4-10,15-16H,1,11-14H2,2-3H3,(H,29,35)(H,28,30,31). The largest absolute Gasteiger partial charge is 0.494 e. The molecule has 1 fully saturated rings. The fraction of sp³-hybridized carbons (Fsp3) is 0.231. The summed E-state index contributed by atoms with van der Waals surface area (Å²) in [4.78, 5) is 36.1. The van der Waals surface area contributed by atoms with Gasteiger partial charge in [-0.3, -0.25) is 9.59 Å². The van der Waals surface area contributed by atoms with Gasteiger partial charge in [0, 0.05) is 44.9 Å². The van der Waals surface area contributed by atoms with E-state index in [1.165, 1.54) is 12.3 Å². The van der Waals surface area contributed by atoms with Gasteiger partial charge in [0.1, 0.15) is 10.8 Å². The van der Waals surface area contributed by atoms with Crippen molar-refractivity contribution in [3.63, 3.8) is 0 Å². The minimum Gasteiger partial charge on any atom is -0.494 e. The summed E-state index contributed by atoms with van der Waals surface area (Å²) in [6.07, 6.45) is 2.59. The smallest absolute Gasteiger partial charge is 0.247 e. The van der Waals surface area contributed by atoms with E-state index in [2.05, 4.69) is 32.1 Å². The fourth-order valence-electron chi connectivity index (χ4n) is 3.81. The van der Waals surface area contributed by atoms with Gasteiger partial charge in [-0.05, 0) is 30.3 Å². The van der Waals surface area contributed by atoms with Gasteiger partial charge in [0.25, 0.3) is 0 Å². The molecule has 2 heterocycles. The van der Waals surface area contributed by atoms with Crippen molar-refractivity contribution in [2.75, 3.05) is 48.8 Å². The predicted octanol–water partition coefficient (Wildman–Crippen LogP) is 4.47. The molecule has 10 nitrogen and oxygen atoms in total. The molecule has 0 radical (unpaired) electrons. The molecule has 0 spiro atoms. The van der Waals surface area contributed by atoms with E-state index in [0.717, 1.165) is 18.8 Å². The summed E-state index contributed by atoms with van der Waals surface area (Å²) in [5.74, 6) is 1.03. The van der Waals surface area contributed by atoms with E-state index in [0.29, 0.717) is 36.0 Å². The predicted molar refractivity (Wildman–Crippen MR) is 143 cm³/mol. The number of carbonyl (C=O) groups is 2. The lowest BCUT2D eigenvalue weighted by Gasteiger charge is -2.35. The quantitative estimate of drug-likeness (QED) is 0.417. The summed E-state index contributed by atoms with van der Waals surface area (Å²) in [7, 11) is 1.59. The summed E-state index contributed by atoms with van der Waals surface area (Å²) >= 11 is 6.29. The van der Waals surface area contributed by atoms with E-state index in [4.69, 9.17) is 21.1 Å². The maximum absolute atomic E-state index is 11.8. The Bertz CT molecular complexity index is 1310. The number of hydrogen-bond acceptors (Lipinski definition) is 8. The Labute approximate surface area is 219 Å². The van der Waals surface area contributed by atoms with Crippen molar-refractivity contribution in [2.24, 2.45) is 0 Å². The molecule has 1 saturated heterocycles. The lowest BCUT2D eigenvalue weighted by molar-refractivity contribution is -0.129. The van der Waals surface area contributed by atoms with Gasteiger partial charge in [0.2, 0.25) is 23.6 Å². The Morgan fingerprint density at radius 3 is 2.54 bits per heavy atom. The van der Waals surface area contributed by atoms with E-state index >= 15 is 0 Å². The van der Waals surface area contributed by atoms with Crippen LogP contribution in [0.4, 0.5) is 23.0 Å². The second kappa shape index (κ2) is 11.6. The van der Waals surface area contributed by atoms with Gasteiger partial charge in [-0.25, -0.2) is 4.98 Å². The van der Waals surface area contributed by atoms with Crippen LogP contribution in [0.3, 0.4) is 0 Å². The van der Waals surface area contributed by atoms with Crippen LogP contribution in [0.25, 0.3) is 0 Å². The van der Waals surface area contributed by atoms with Crippen molar-refractivity contribution in [3.05, 3.63) is 66.3 Å². The second-order valence-electron chi connectivity index (χ2n) is 8.14. The zero-order valence-electron chi connectivity index (χ0n) is 20.5. The van der Waals surface area contributed by atoms with Gasteiger partial charge in [-0.2, -0.15) is 4.98 Å². The number of halogens is 1. The number of aromatic nitrogens is 2. The van der Waals surface area contributed by atoms with Crippen LogP contribution in [-0.4, -0.2) is 60.0 Å². The summed E-state index contributed by atoms with van der Waals surface area (Å²) in [6, 6.07) is 12.7. The first-order chi connectivity index (χ1) is 17.9. The SMILES string of the molecule is C=CC(=O)Nc1ccccc1Oc1nc(Nc2ccc(N3CCN(C(C)=O)CC3)cc2OC)ncc1Cl. The Balaban J connectivity index is 1.51. The monoisotopic (exact) mass is 522 g/mol. The minimum atomic E-state index is -0.372. The van der Waals surface area contributed by atoms with Crippen LogP contribution < -0.4 is 25.0 Å². The zero-order chi connectivity index (χ0) is 26.4. The van der Waals surface area contributed by atoms with Crippen LogP contribution in [0.5, 0.6) is 17.4 Å². The number of para-hydroxylation sites is 2. The number of anilines is 4. The summed E-state index contributed by atoms with van der Waals surface area (Å²) < 4.78 is 11.5. The summed E-state index contributed by atoms with van der Waals surface area (Å²) in [5.41, 5.74) is 2.09. The Morgan fingerprint density at radius 2 is 1.84 bits per heavy atom. The van der Waals surface area contributed by atoms with E-state index in [1.807, 2.05) is 23.1 Å². The van der Waals surface area contributed by atoms with Gasteiger partial charge in [-0.1, -0.05) is 30.3 Å². The second-order valence-corrected chi connectivity index (χ2v) is 8.55. The van der Waals surface area contributed by atoms with Crippen LogP contribution in [0.1, 0.15) is 6.92 Å².